The highest BCUT2D eigenvalue weighted by Crippen LogP contribution is 2.21. The van der Waals surface area contributed by atoms with Crippen LogP contribution in [0.3, 0.4) is 0 Å². The molecule has 0 fully saturated rings. The fraction of sp³-hybridized carbons (Fsp3) is 0.294. The average Bonchev–Trinajstić information content (AvgIpc) is 2.47. The smallest absolute Gasteiger partial charge is 0.123 e. The summed E-state index contributed by atoms with van der Waals surface area (Å²) < 4.78 is 6.50. The van der Waals surface area contributed by atoms with Gasteiger partial charge in [0.2, 0.25) is 0 Å². The number of nitrogens with zero attached hydrogens (tertiary/aromatic N) is 1. The van der Waals surface area contributed by atoms with Crippen molar-refractivity contribution in [1.82, 2.24) is 4.90 Å². The molecule has 2 aromatic carbocycles. The molecule has 0 heterocycles. The third-order valence-electron chi connectivity index (χ3n) is 3.37. The molecule has 4 heteroatoms. The van der Waals surface area contributed by atoms with Crippen LogP contribution in [0.5, 0.6) is 5.75 Å². The molecule has 0 atom stereocenters. The third kappa shape index (κ3) is 4.56. The van der Waals surface area contributed by atoms with E-state index in [1.54, 1.807) is 7.11 Å². The summed E-state index contributed by atoms with van der Waals surface area (Å²) in [5, 5.41) is 0. The van der Waals surface area contributed by atoms with Crippen molar-refractivity contribution in [2.75, 3.05) is 14.2 Å². The molecule has 0 aliphatic carbocycles. The number of halogens is 1. The second-order valence-electron chi connectivity index (χ2n) is 5.15. The van der Waals surface area contributed by atoms with Crippen molar-refractivity contribution in [3.8, 4) is 5.75 Å². The maximum Gasteiger partial charge on any atom is 0.123 e. The van der Waals surface area contributed by atoms with Crippen molar-refractivity contribution in [2.24, 2.45) is 5.73 Å². The van der Waals surface area contributed by atoms with E-state index in [0.29, 0.717) is 6.54 Å². The summed E-state index contributed by atoms with van der Waals surface area (Å²) in [5.41, 5.74) is 9.25. The first-order valence-electron chi connectivity index (χ1n) is 6.91. The Kier molecular flexibility index (Phi) is 5.79. The number of hydrogen-bond donors (Lipinski definition) is 1. The summed E-state index contributed by atoms with van der Waals surface area (Å²) in [7, 11) is 3.80. The SMILES string of the molecule is COc1cc(CN(C)Cc2cccc(Br)c2)ccc1CN. The molecule has 21 heavy (non-hydrogen) atoms. The van der Waals surface area contributed by atoms with Gasteiger partial charge in [0.1, 0.15) is 5.75 Å². The molecule has 0 bridgehead atoms. The van der Waals surface area contributed by atoms with Gasteiger partial charge in [-0.1, -0.05) is 40.2 Å². The van der Waals surface area contributed by atoms with Gasteiger partial charge in [0.05, 0.1) is 7.11 Å². The second kappa shape index (κ2) is 7.59. The Labute approximate surface area is 134 Å². The molecule has 0 amide bonds. The Hall–Kier alpha value is -1.36. The first-order valence-corrected chi connectivity index (χ1v) is 7.70. The lowest BCUT2D eigenvalue weighted by Crippen LogP contribution is -2.17. The lowest BCUT2D eigenvalue weighted by molar-refractivity contribution is 0.318. The minimum Gasteiger partial charge on any atom is -0.496 e. The summed E-state index contributed by atoms with van der Waals surface area (Å²) in [6.07, 6.45) is 0. The van der Waals surface area contributed by atoms with Crippen molar-refractivity contribution in [3.63, 3.8) is 0 Å². The van der Waals surface area contributed by atoms with E-state index in [9.17, 15) is 0 Å². The van der Waals surface area contributed by atoms with Gasteiger partial charge in [-0.25, -0.2) is 0 Å². The van der Waals surface area contributed by atoms with Crippen LogP contribution in [-0.4, -0.2) is 19.1 Å². The van der Waals surface area contributed by atoms with Crippen LogP contribution in [0.25, 0.3) is 0 Å². The van der Waals surface area contributed by atoms with Gasteiger partial charge in [-0.05, 0) is 36.4 Å². The Balaban J connectivity index is 2.04. The molecule has 0 radical (unpaired) electrons. The molecule has 0 aliphatic rings. The number of nitrogens with two attached hydrogens (primary N) is 1. The van der Waals surface area contributed by atoms with Crippen LogP contribution in [-0.2, 0) is 19.6 Å². The molecule has 0 unspecified atom stereocenters. The summed E-state index contributed by atoms with van der Waals surface area (Å²) in [6, 6.07) is 14.6. The quantitative estimate of drug-likeness (QED) is 0.867. The minimum absolute atomic E-state index is 0.497. The van der Waals surface area contributed by atoms with E-state index in [-0.39, 0.29) is 0 Å². The van der Waals surface area contributed by atoms with Crippen molar-refractivity contribution >= 4 is 15.9 Å². The predicted molar refractivity (Wildman–Crippen MR) is 90.2 cm³/mol. The number of benzene rings is 2. The summed E-state index contributed by atoms with van der Waals surface area (Å²) in [6.45, 7) is 2.27. The number of methoxy groups -OCH3 is 1. The minimum atomic E-state index is 0.497. The van der Waals surface area contributed by atoms with Crippen LogP contribution in [0.2, 0.25) is 0 Å². The van der Waals surface area contributed by atoms with E-state index in [4.69, 9.17) is 10.5 Å². The van der Waals surface area contributed by atoms with Gasteiger partial charge in [0.15, 0.2) is 0 Å². The van der Waals surface area contributed by atoms with E-state index in [1.165, 1.54) is 11.1 Å². The highest BCUT2D eigenvalue weighted by atomic mass is 79.9. The zero-order valence-electron chi connectivity index (χ0n) is 12.5. The van der Waals surface area contributed by atoms with Gasteiger partial charge in [-0.3, -0.25) is 4.90 Å². The monoisotopic (exact) mass is 348 g/mol. The molecule has 3 nitrogen and oxygen atoms in total. The molecule has 0 saturated heterocycles. The molecular formula is C17H21BrN2O. The Morgan fingerprint density at radius 1 is 1.10 bits per heavy atom. The maximum atomic E-state index is 5.70. The lowest BCUT2D eigenvalue weighted by atomic mass is 10.1. The van der Waals surface area contributed by atoms with Crippen molar-refractivity contribution < 1.29 is 4.74 Å². The topological polar surface area (TPSA) is 38.5 Å². The molecule has 2 N–H and O–H groups in total. The van der Waals surface area contributed by atoms with Crippen LogP contribution < -0.4 is 10.5 Å². The molecule has 0 saturated carbocycles. The molecule has 0 aromatic heterocycles. The first-order chi connectivity index (χ1) is 10.1. The fourth-order valence-corrected chi connectivity index (χ4v) is 2.82. The fourth-order valence-electron chi connectivity index (χ4n) is 2.37. The zero-order valence-corrected chi connectivity index (χ0v) is 14.1. The molecule has 2 aromatic rings. The first kappa shape index (κ1) is 16.0. The van der Waals surface area contributed by atoms with Crippen LogP contribution in [0.15, 0.2) is 46.9 Å². The van der Waals surface area contributed by atoms with Gasteiger partial charge in [0, 0.05) is 29.7 Å². The number of hydrogen-bond acceptors (Lipinski definition) is 3. The third-order valence-corrected chi connectivity index (χ3v) is 3.86. The van der Waals surface area contributed by atoms with Crippen LogP contribution in [0, 0.1) is 0 Å². The van der Waals surface area contributed by atoms with E-state index >= 15 is 0 Å². The van der Waals surface area contributed by atoms with E-state index < -0.39 is 0 Å². The van der Waals surface area contributed by atoms with Crippen molar-refractivity contribution in [3.05, 3.63) is 63.6 Å². The standard InChI is InChI=1S/C17H21BrN2O/c1-20(11-13-4-3-5-16(18)8-13)12-14-6-7-15(10-19)17(9-14)21-2/h3-9H,10-12,19H2,1-2H3. The summed E-state index contributed by atoms with van der Waals surface area (Å²) in [4.78, 5) is 2.28. The summed E-state index contributed by atoms with van der Waals surface area (Å²) >= 11 is 3.51. The van der Waals surface area contributed by atoms with Gasteiger partial charge >= 0.3 is 0 Å². The predicted octanol–water partition coefficient (Wildman–Crippen LogP) is 3.55. The molecule has 0 aliphatic heterocycles. The van der Waals surface area contributed by atoms with Gasteiger partial charge in [-0.2, -0.15) is 0 Å². The Bertz CT molecular complexity index is 601. The Morgan fingerprint density at radius 2 is 1.81 bits per heavy atom. The maximum absolute atomic E-state index is 5.70. The molecule has 2 rings (SSSR count). The van der Waals surface area contributed by atoms with E-state index in [1.807, 2.05) is 12.1 Å². The molecule has 112 valence electrons. The van der Waals surface area contributed by atoms with Crippen molar-refractivity contribution in [2.45, 2.75) is 19.6 Å². The largest absolute Gasteiger partial charge is 0.496 e. The van der Waals surface area contributed by atoms with Gasteiger partial charge < -0.3 is 10.5 Å². The number of ether oxygens (including phenoxy) is 1. The molecule has 0 spiro atoms. The summed E-state index contributed by atoms with van der Waals surface area (Å²) in [5.74, 6) is 0.867. The zero-order chi connectivity index (χ0) is 15.2. The molecular weight excluding hydrogens is 328 g/mol. The highest BCUT2D eigenvalue weighted by molar-refractivity contribution is 9.10. The number of rotatable bonds is 6. The second-order valence-corrected chi connectivity index (χ2v) is 6.07. The normalized spacial score (nSPS) is 10.9. The van der Waals surface area contributed by atoms with Gasteiger partial charge in [0.25, 0.3) is 0 Å². The van der Waals surface area contributed by atoms with Crippen LogP contribution in [0.4, 0.5) is 0 Å². The van der Waals surface area contributed by atoms with Crippen LogP contribution >= 0.6 is 15.9 Å². The van der Waals surface area contributed by atoms with Crippen molar-refractivity contribution in [1.29, 1.82) is 0 Å². The lowest BCUT2D eigenvalue weighted by Gasteiger charge is -2.18. The van der Waals surface area contributed by atoms with Crippen LogP contribution in [0.1, 0.15) is 16.7 Å². The van der Waals surface area contributed by atoms with Gasteiger partial charge in [-0.15, -0.1) is 0 Å². The van der Waals surface area contributed by atoms with E-state index in [2.05, 4.69) is 58.2 Å². The average molecular weight is 349 g/mol. The highest BCUT2D eigenvalue weighted by Gasteiger charge is 2.06. The van der Waals surface area contributed by atoms with E-state index in [0.717, 1.165) is 28.9 Å². The Morgan fingerprint density at radius 3 is 2.43 bits per heavy atom.